The van der Waals surface area contributed by atoms with Crippen molar-refractivity contribution in [1.82, 2.24) is 15.1 Å². The summed E-state index contributed by atoms with van der Waals surface area (Å²) in [6.07, 6.45) is 3.16. The molecular formula is C23H35N3O4. The van der Waals surface area contributed by atoms with Crippen LogP contribution in [0.5, 0.6) is 5.75 Å². The number of methoxy groups -OCH3 is 1. The van der Waals surface area contributed by atoms with Crippen LogP contribution in [0.3, 0.4) is 0 Å². The number of piperidine rings is 1. The number of carbonyl (C=O) groups is 3. The van der Waals surface area contributed by atoms with Crippen molar-refractivity contribution < 1.29 is 19.1 Å². The molecule has 0 spiro atoms. The third-order valence-corrected chi connectivity index (χ3v) is 5.66. The number of carbonyl (C=O) groups excluding carboxylic acids is 3. The van der Waals surface area contributed by atoms with E-state index in [9.17, 15) is 14.4 Å². The molecule has 1 aromatic carbocycles. The van der Waals surface area contributed by atoms with Gasteiger partial charge in [-0.3, -0.25) is 14.4 Å². The van der Waals surface area contributed by atoms with E-state index in [0.717, 1.165) is 24.2 Å². The average Bonchev–Trinajstić information content (AvgIpc) is 2.75. The van der Waals surface area contributed by atoms with Crippen molar-refractivity contribution in [2.45, 2.75) is 58.4 Å². The molecular weight excluding hydrogens is 382 g/mol. The quantitative estimate of drug-likeness (QED) is 0.634. The standard InChI is InChI=1S/C23H35N3O4/c1-4-25(5-2)22(28)12-8-11-21(27)24-19-13-15-26(16-14-19)23(29)17-18-9-6-7-10-20(18)30-3/h6-7,9-10,19H,4-5,8,11-17H2,1-3H3,(H,24,27). The topological polar surface area (TPSA) is 79.0 Å². The first-order valence-electron chi connectivity index (χ1n) is 10.9. The fourth-order valence-electron chi connectivity index (χ4n) is 3.83. The van der Waals surface area contributed by atoms with E-state index >= 15 is 0 Å². The van der Waals surface area contributed by atoms with Crippen molar-refractivity contribution >= 4 is 17.7 Å². The van der Waals surface area contributed by atoms with Crippen molar-refractivity contribution in [2.24, 2.45) is 0 Å². The van der Waals surface area contributed by atoms with Crippen LogP contribution in [0.4, 0.5) is 0 Å². The molecule has 1 aliphatic rings. The van der Waals surface area contributed by atoms with E-state index in [1.165, 1.54) is 0 Å². The van der Waals surface area contributed by atoms with Gasteiger partial charge in [-0.15, -0.1) is 0 Å². The molecule has 0 aliphatic carbocycles. The maximum atomic E-state index is 12.6. The zero-order chi connectivity index (χ0) is 21.9. The first kappa shape index (κ1) is 23.7. The predicted molar refractivity (Wildman–Crippen MR) is 116 cm³/mol. The van der Waals surface area contributed by atoms with Crippen molar-refractivity contribution in [3.05, 3.63) is 29.8 Å². The summed E-state index contributed by atoms with van der Waals surface area (Å²) in [6, 6.07) is 7.66. The number of amides is 3. The molecule has 1 aromatic rings. The Balaban J connectivity index is 1.69. The van der Waals surface area contributed by atoms with E-state index in [4.69, 9.17) is 4.74 Å². The van der Waals surface area contributed by atoms with Crippen LogP contribution in [0, 0.1) is 0 Å². The molecule has 166 valence electrons. The summed E-state index contributed by atoms with van der Waals surface area (Å²) in [4.78, 5) is 40.5. The van der Waals surface area contributed by atoms with Crippen molar-refractivity contribution in [1.29, 1.82) is 0 Å². The van der Waals surface area contributed by atoms with Gasteiger partial charge in [-0.1, -0.05) is 18.2 Å². The Kier molecular flexibility index (Phi) is 9.64. The largest absolute Gasteiger partial charge is 0.496 e. The minimum atomic E-state index is -0.0128. The van der Waals surface area contributed by atoms with Crippen LogP contribution < -0.4 is 10.1 Å². The maximum absolute atomic E-state index is 12.6. The van der Waals surface area contributed by atoms with Gasteiger partial charge in [0.25, 0.3) is 0 Å². The normalized spacial score (nSPS) is 14.3. The van der Waals surface area contributed by atoms with E-state index < -0.39 is 0 Å². The van der Waals surface area contributed by atoms with Gasteiger partial charge < -0.3 is 19.9 Å². The van der Waals surface area contributed by atoms with Crippen LogP contribution in [0.2, 0.25) is 0 Å². The molecule has 7 nitrogen and oxygen atoms in total. The lowest BCUT2D eigenvalue weighted by atomic mass is 10.0. The third-order valence-electron chi connectivity index (χ3n) is 5.66. The number of hydrogen-bond donors (Lipinski definition) is 1. The minimum absolute atomic E-state index is 0.0128. The summed E-state index contributed by atoms with van der Waals surface area (Å²) >= 11 is 0. The highest BCUT2D eigenvalue weighted by atomic mass is 16.5. The molecule has 1 heterocycles. The highest BCUT2D eigenvalue weighted by molar-refractivity contribution is 5.80. The van der Waals surface area contributed by atoms with Crippen molar-refractivity contribution in [3.63, 3.8) is 0 Å². The number of hydrogen-bond acceptors (Lipinski definition) is 4. The van der Waals surface area contributed by atoms with Crippen molar-refractivity contribution in [2.75, 3.05) is 33.3 Å². The molecule has 1 N–H and O–H groups in total. The van der Waals surface area contributed by atoms with E-state index in [1.54, 1.807) is 12.0 Å². The molecule has 0 atom stereocenters. The second-order valence-corrected chi connectivity index (χ2v) is 7.63. The predicted octanol–water partition coefficient (Wildman–Crippen LogP) is 2.38. The highest BCUT2D eigenvalue weighted by Crippen LogP contribution is 2.20. The average molecular weight is 418 g/mol. The monoisotopic (exact) mass is 417 g/mol. The van der Waals surface area contributed by atoms with Crippen LogP contribution in [-0.2, 0) is 20.8 Å². The van der Waals surface area contributed by atoms with Crippen molar-refractivity contribution in [3.8, 4) is 5.75 Å². The molecule has 1 aliphatic heterocycles. The Hall–Kier alpha value is -2.57. The van der Waals surface area contributed by atoms with Gasteiger partial charge in [-0.25, -0.2) is 0 Å². The summed E-state index contributed by atoms with van der Waals surface area (Å²) in [6.45, 7) is 6.60. The number of rotatable bonds is 10. The van der Waals surface area contributed by atoms with Gasteiger partial charge in [0.05, 0.1) is 13.5 Å². The minimum Gasteiger partial charge on any atom is -0.496 e. The molecule has 0 aromatic heterocycles. The molecule has 2 rings (SSSR count). The Labute approximate surface area is 179 Å². The van der Waals surface area contributed by atoms with Crippen LogP contribution in [0.15, 0.2) is 24.3 Å². The van der Waals surface area contributed by atoms with E-state index in [-0.39, 0.29) is 23.8 Å². The molecule has 0 saturated carbocycles. The summed E-state index contributed by atoms with van der Waals surface area (Å²) in [5.41, 5.74) is 0.889. The van der Waals surface area contributed by atoms with Gasteiger partial charge in [0.1, 0.15) is 5.75 Å². The first-order valence-corrected chi connectivity index (χ1v) is 10.9. The fourth-order valence-corrected chi connectivity index (χ4v) is 3.83. The Morgan fingerprint density at radius 3 is 2.40 bits per heavy atom. The van der Waals surface area contributed by atoms with Gasteiger partial charge in [0, 0.05) is 50.6 Å². The third kappa shape index (κ3) is 7.04. The second-order valence-electron chi connectivity index (χ2n) is 7.63. The maximum Gasteiger partial charge on any atom is 0.227 e. The number of nitrogens with zero attached hydrogens (tertiary/aromatic N) is 2. The summed E-state index contributed by atoms with van der Waals surface area (Å²) in [5, 5.41) is 3.06. The van der Waals surface area contributed by atoms with Gasteiger partial charge in [0.2, 0.25) is 17.7 Å². The van der Waals surface area contributed by atoms with Gasteiger partial charge >= 0.3 is 0 Å². The van der Waals surface area contributed by atoms with E-state index in [1.807, 2.05) is 43.0 Å². The summed E-state index contributed by atoms with van der Waals surface area (Å²) in [7, 11) is 1.61. The lowest BCUT2D eigenvalue weighted by Gasteiger charge is -2.32. The molecule has 3 amide bonds. The summed E-state index contributed by atoms with van der Waals surface area (Å²) < 4.78 is 5.33. The van der Waals surface area contributed by atoms with E-state index in [2.05, 4.69) is 5.32 Å². The van der Waals surface area contributed by atoms with Gasteiger partial charge in [-0.2, -0.15) is 0 Å². The lowest BCUT2D eigenvalue weighted by Crippen LogP contribution is -2.47. The summed E-state index contributed by atoms with van der Waals surface area (Å²) in [5.74, 6) is 0.905. The SMILES string of the molecule is CCN(CC)C(=O)CCCC(=O)NC1CCN(C(=O)Cc2ccccc2OC)CC1. The Bertz CT molecular complexity index is 710. The van der Waals surface area contributed by atoms with Crippen LogP contribution >= 0.6 is 0 Å². The highest BCUT2D eigenvalue weighted by Gasteiger charge is 2.24. The van der Waals surface area contributed by atoms with Crippen LogP contribution in [0.25, 0.3) is 0 Å². The zero-order valence-corrected chi connectivity index (χ0v) is 18.5. The molecule has 7 heteroatoms. The number of likely N-dealkylation sites (tertiary alicyclic amines) is 1. The molecule has 30 heavy (non-hydrogen) atoms. The Morgan fingerprint density at radius 2 is 1.77 bits per heavy atom. The lowest BCUT2D eigenvalue weighted by molar-refractivity contribution is -0.132. The molecule has 0 bridgehead atoms. The molecule has 1 fully saturated rings. The number of para-hydroxylation sites is 1. The fraction of sp³-hybridized carbons (Fsp3) is 0.609. The number of ether oxygens (including phenoxy) is 1. The smallest absolute Gasteiger partial charge is 0.227 e. The molecule has 1 saturated heterocycles. The van der Waals surface area contributed by atoms with Gasteiger partial charge in [-0.05, 0) is 39.2 Å². The number of nitrogens with one attached hydrogen (secondary N) is 1. The Morgan fingerprint density at radius 1 is 1.10 bits per heavy atom. The molecule has 0 unspecified atom stereocenters. The zero-order valence-electron chi connectivity index (χ0n) is 18.5. The molecule has 0 radical (unpaired) electrons. The number of benzene rings is 1. The first-order chi connectivity index (χ1) is 14.5. The van der Waals surface area contributed by atoms with Crippen LogP contribution in [-0.4, -0.2) is 66.9 Å². The second kappa shape index (κ2) is 12.2. The van der Waals surface area contributed by atoms with Crippen LogP contribution in [0.1, 0.15) is 51.5 Å². The van der Waals surface area contributed by atoms with Gasteiger partial charge in [0.15, 0.2) is 0 Å². The van der Waals surface area contributed by atoms with E-state index in [0.29, 0.717) is 51.9 Å².